The van der Waals surface area contributed by atoms with Crippen LogP contribution in [0.4, 0.5) is 0 Å². The van der Waals surface area contributed by atoms with Gasteiger partial charge in [0, 0.05) is 0 Å². The minimum Gasteiger partial charge on any atom is -0.379 e. The van der Waals surface area contributed by atoms with Gasteiger partial charge in [-0.2, -0.15) is 8.42 Å². The molecule has 28 heavy (non-hydrogen) atoms. The Labute approximate surface area is 173 Å². The summed E-state index contributed by atoms with van der Waals surface area (Å²) in [5.41, 5.74) is 0. The van der Waals surface area contributed by atoms with Crippen LogP contribution in [0.3, 0.4) is 0 Å². The van der Waals surface area contributed by atoms with Crippen molar-refractivity contribution in [2.45, 2.75) is 123 Å². The van der Waals surface area contributed by atoms with Gasteiger partial charge in [-0.3, -0.25) is 9.87 Å². The van der Waals surface area contributed by atoms with Crippen molar-refractivity contribution in [3.05, 3.63) is 0 Å². The van der Waals surface area contributed by atoms with Crippen LogP contribution in [-0.2, 0) is 14.6 Å². The number of unbranched alkanes of at least 4 members (excludes halogenated alkanes) is 13. The molecule has 8 heteroatoms. The van der Waals surface area contributed by atoms with Crippen LogP contribution < -0.4 is 5.32 Å². The minimum absolute atomic E-state index is 0.0941. The largest absolute Gasteiger partial charge is 0.397 e. The van der Waals surface area contributed by atoms with Gasteiger partial charge in [0.15, 0.2) is 0 Å². The second kappa shape index (κ2) is 21.5. The Bertz CT molecular complexity index is 396. The number of nitrogens with one attached hydrogen (secondary N) is 1. The van der Waals surface area contributed by atoms with Gasteiger partial charge < -0.3 is 10.2 Å². The van der Waals surface area contributed by atoms with Crippen LogP contribution in [0.5, 0.6) is 0 Å². The van der Waals surface area contributed by atoms with Gasteiger partial charge in [0.05, 0.1) is 6.61 Å². The second-order valence-corrected chi connectivity index (χ2v) is 8.46. The average Bonchev–Trinajstić information content (AvgIpc) is 2.56. The lowest BCUT2D eigenvalue weighted by molar-refractivity contribution is 0.0632. The van der Waals surface area contributed by atoms with Crippen molar-refractivity contribution < 1.29 is 27.4 Å². The van der Waals surface area contributed by atoms with E-state index in [0.29, 0.717) is 6.42 Å². The summed E-state index contributed by atoms with van der Waals surface area (Å²) in [6.45, 7) is 5.44. The Morgan fingerprint density at radius 2 is 1.04 bits per heavy atom. The molecule has 2 atom stereocenters. The van der Waals surface area contributed by atoms with Crippen molar-refractivity contribution in [3.8, 4) is 0 Å². The molecule has 0 radical (unpaired) electrons. The summed E-state index contributed by atoms with van der Waals surface area (Å²) < 4.78 is 33.2. The summed E-state index contributed by atoms with van der Waals surface area (Å²) in [6.07, 6.45) is 16.3. The van der Waals surface area contributed by atoms with Gasteiger partial charge in [0.25, 0.3) is 0 Å². The quantitative estimate of drug-likeness (QED) is 0.144. The average molecular weight is 428 g/mol. The molecule has 0 saturated carbocycles. The van der Waals surface area contributed by atoms with Gasteiger partial charge in [0.2, 0.25) is 0 Å². The Kier molecular flexibility index (Phi) is 23.0. The minimum atomic E-state index is -4.24. The van der Waals surface area contributed by atoms with Gasteiger partial charge in [-0.25, -0.2) is 4.18 Å². The molecular weight excluding hydrogens is 382 g/mol. The number of aliphatic hydroxyl groups excluding tert-OH is 2. The van der Waals surface area contributed by atoms with E-state index < -0.39 is 22.9 Å². The molecule has 0 heterocycles. The SMILES string of the molecule is CC(O)NC(C)O.CCCCCCCCCCCCCCCCOS(=O)(=O)O. The van der Waals surface area contributed by atoms with E-state index in [1.807, 2.05) is 0 Å². The molecule has 0 spiro atoms. The first kappa shape index (κ1) is 29.9. The molecule has 0 saturated heterocycles. The van der Waals surface area contributed by atoms with E-state index in [1.165, 1.54) is 70.6 Å². The summed E-state index contributed by atoms with van der Waals surface area (Å²) in [6, 6.07) is 0. The zero-order valence-corrected chi connectivity index (χ0v) is 19.1. The van der Waals surface area contributed by atoms with Crippen molar-refractivity contribution in [2.75, 3.05) is 6.61 Å². The Morgan fingerprint density at radius 3 is 1.29 bits per heavy atom. The fourth-order valence-corrected chi connectivity index (χ4v) is 3.14. The maximum atomic E-state index is 10.3. The summed E-state index contributed by atoms with van der Waals surface area (Å²) in [4.78, 5) is 0. The van der Waals surface area contributed by atoms with Crippen molar-refractivity contribution in [1.82, 2.24) is 5.32 Å². The first-order valence-electron chi connectivity index (χ1n) is 10.9. The molecule has 0 aromatic carbocycles. The molecule has 0 bridgehead atoms. The third-order valence-electron chi connectivity index (χ3n) is 4.21. The van der Waals surface area contributed by atoms with Crippen LogP contribution in [0, 0.1) is 0 Å². The monoisotopic (exact) mass is 427 g/mol. The number of hydrogen-bond donors (Lipinski definition) is 4. The first-order chi connectivity index (χ1) is 13.2. The highest BCUT2D eigenvalue weighted by Gasteiger charge is 2.02. The summed E-state index contributed by atoms with van der Waals surface area (Å²) in [5.74, 6) is 0. The predicted molar refractivity (Wildman–Crippen MR) is 114 cm³/mol. The predicted octanol–water partition coefficient (Wildman–Crippen LogP) is 4.54. The van der Waals surface area contributed by atoms with E-state index in [1.54, 1.807) is 13.8 Å². The highest BCUT2D eigenvalue weighted by atomic mass is 32.3. The lowest BCUT2D eigenvalue weighted by Crippen LogP contribution is -2.33. The Morgan fingerprint density at radius 1 is 0.714 bits per heavy atom. The van der Waals surface area contributed by atoms with E-state index in [0.717, 1.165) is 12.8 Å². The Hall–Kier alpha value is -0.250. The van der Waals surface area contributed by atoms with Crippen molar-refractivity contribution in [2.24, 2.45) is 0 Å². The van der Waals surface area contributed by atoms with Crippen LogP contribution in [0.25, 0.3) is 0 Å². The van der Waals surface area contributed by atoms with E-state index in [2.05, 4.69) is 16.4 Å². The van der Waals surface area contributed by atoms with Gasteiger partial charge in [-0.1, -0.05) is 90.4 Å². The smallest absolute Gasteiger partial charge is 0.379 e. The number of rotatable bonds is 18. The second-order valence-electron chi connectivity index (χ2n) is 7.36. The van der Waals surface area contributed by atoms with E-state index in [9.17, 15) is 8.42 Å². The van der Waals surface area contributed by atoms with E-state index in [-0.39, 0.29) is 6.61 Å². The lowest BCUT2D eigenvalue weighted by atomic mass is 10.0. The molecule has 0 aromatic rings. The molecule has 7 nitrogen and oxygen atoms in total. The van der Waals surface area contributed by atoms with Crippen molar-refractivity contribution in [1.29, 1.82) is 0 Å². The maximum Gasteiger partial charge on any atom is 0.397 e. The highest BCUT2D eigenvalue weighted by molar-refractivity contribution is 7.80. The molecule has 0 aliphatic heterocycles. The molecule has 4 N–H and O–H groups in total. The molecule has 0 aliphatic carbocycles. The fraction of sp³-hybridized carbons (Fsp3) is 1.00. The van der Waals surface area contributed by atoms with Gasteiger partial charge >= 0.3 is 10.4 Å². The molecular formula is C20H45NO6S. The van der Waals surface area contributed by atoms with E-state index in [4.69, 9.17) is 14.8 Å². The lowest BCUT2D eigenvalue weighted by Gasteiger charge is -2.08. The maximum absolute atomic E-state index is 10.3. The van der Waals surface area contributed by atoms with E-state index >= 15 is 0 Å². The number of hydrogen-bond acceptors (Lipinski definition) is 6. The molecule has 172 valence electrons. The van der Waals surface area contributed by atoms with Gasteiger partial charge in [-0.15, -0.1) is 0 Å². The molecule has 0 fully saturated rings. The third kappa shape index (κ3) is 33.3. The van der Waals surface area contributed by atoms with Crippen molar-refractivity contribution in [3.63, 3.8) is 0 Å². The van der Waals surface area contributed by atoms with Gasteiger partial charge in [-0.05, 0) is 20.3 Å². The Balaban J connectivity index is 0. The topological polar surface area (TPSA) is 116 Å². The van der Waals surface area contributed by atoms with Gasteiger partial charge in [0.1, 0.15) is 12.5 Å². The third-order valence-corrected chi connectivity index (χ3v) is 4.68. The fourth-order valence-electron chi connectivity index (χ4n) is 2.81. The summed E-state index contributed by atoms with van der Waals surface area (Å²) in [7, 11) is -4.24. The molecule has 0 aliphatic rings. The highest BCUT2D eigenvalue weighted by Crippen LogP contribution is 2.12. The summed E-state index contributed by atoms with van der Waals surface area (Å²) >= 11 is 0. The van der Waals surface area contributed by atoms with Crippen LogP contribution in [0.2, 0.25) is 0 Å². The standard InChI is InChI=1S/C16H34O4S.C4H11NO2/c1-2-3-4-5-6-7-8-9-10-11-12-13-14-15-16-20-21(17,18)19;1-3(6)5-4(2)7/h2-16H2,1H3,(H,17,18,19);3-7H,1-2H3. The van der Waals surface area contributed by atoms with Crippen LogP contribution in [0.1, 0.15) is 111 Å². The van der Waals surface area contributed by atoms with Crippen molar-refractivity contribution >= 4 is 10.4 Å². The zero-order valence-electron chi connectivity index (χ0n) is 18.2. The normalized spacial score (nSPS) is 13.6. The zero-order chi connectivity index (χ0) is 21.7. The van der Waals surface area contributed by atoms with Crippen LogP contribution in [-0.4, -0.2) is 42.2 Å². The molecule has 0 aromatic heterocycles. The molecule has 2 unspecified atom stereocenters. The first-order valence-corrected chi connectivity index (χ1v) is 12.3. The van der Waals surface area contributed by atoms with Crippen LogP contribution >= 0.6 is 0 Å². The molecule has 0 amide bonds. The molecule has 0 rings (SSSR count). The number of aliphatic hydroxyl groups is 2. The summed E-state index contributed by atoms with van der Waals surface area (Å²) in [5, 5.41) is 19.3. The van der Waals surface area contributed by atoms with Crippen LogP contribution in [0.15, 0.2) is 0 Å².